The Labute approximate surface area is 166 Å². The van der Waals surface area contributed by atoms with E-state index in [0.29, 0.717) is 19.7 Å². The number of hydrogen-bond donors (Lipinski definition) is 0. The Kier molecular flexibility index (Phi) is 7.47. The Morgan fingerprint density at radius 3 is 2.32 bits per heavy atom. The molecule has 0 spiro atoms. The quantitative estimate of drug-likeness (QED) is 0.532. The number of benzene rings is 2. The van der Waals surface area contributed by atoms with E-state index in [2.05, 4.69) is 12.1 Å². The van der Waals surface area contributed by atoms with Crippen LogP contribution >= 0.6 is 0 Å². The molecule has 1 fully saturated rings. The number of likely N-dealkylation sites (tertiary alicyclic amines) is 1. The molecule has 0 aliphatic carbocycles. The van der Waals surface area contributed by atoms with Crippen molar-refractivity contribution in [1.82, 2.24) is 4.90 Å². The van der Waals surface area contributed by atoms with E-state index >= 15 is 0 Å². The summed E-state index contributed by atoms with van der Waals surface area (Å²) < 4.78 is 10.8. The lowest BCUT2D eigenvalue weighted by molar-refractivity contribution is -0.150. The fourth-order valence-electron chi connectivity index (χ4n) is 3.36. The average Bonchev–Trinajstić information content (AvgIpc) is 2.76. The van der Waals surface area contributed by atoms with Crippen LogP contribution in [0.1, 0.15) is 30.4 Å². The maximum Gasteiger partial charge on any atom is 0.410 e. The summed E-state index contributed by atoms with van der Waals surface area (Å²) in [5.41, 5.74) is 2.19. The van der Waals surface area contributed by atoms with Crippen molar-refractivity contribution in [2.45, 2.75) is 32.3 Å². The van der Waals surface area contributed by atoms with Gasteiger partial charge >= 0.3 is 12.1 Å². The van der Waals surface area contributed by atoms with Crippen LogP contribution in [0.3, 0.4) is 0 Å². The molecule has 148 valence electrons. The molecule has 1 heterocycles. The molecule has 0 saturated carbocycles. The van der Waals surface area contributed by atoms with E-state index in [1.54, 1.807) is 4.90 Å². The van der Waals surface area contributed by atoms with Gasteiger partial charge in [-0.25, -0.2) is 4.79 Å². The lowest BCUT2D eigenvalue weighted by Gasteiger charge is -2.30. The maximum absolute atomic E-state index is 12.4. The fraction of sp³-hybridized carbons (Fsp3) is 0.391. The molecular formula is C23H27NO4. The minimum absolute atomic E-state index is 0.214. The first-order valence-electron chi connectivity index (χ1n) is 9.88. The number of rotatable bonds is 7. The molecule has 1 aliphatic heterocycles. The molecule has 1 aliphatic rings. The molecule has 2 aromatic rings. The molecule has 1 atom stereocenters. The Balaban J connectivity index is 1.38. The molecule has 0 unspecified atom stereocenters. The van der Waals surface area contributed by atoms with Crippen LogP contribution in [0.4, 0.5) is 4.79 Å². The third-order valence-corrected chi connectivity index (χ3v) is 4.91. The largest absolute Gasteiger partial charge is 0.465 e. The summed E-state index contributed by atoms with van der Waals surface area (Å²) in [6.07, 6.45) is 2.84. The van der Waals surface area contributed by atoms with Gasteiger partial charge < -0.3 is 14.4 Å². The molecule has 2 aromatic carbocycles. The first-order valence-corrected chi connectivity index (χ1v) is 9.88. The van der Waals surface area contributed by atoms with E-state index in [0.717, 1.165) is 31.2 Å². The van der Waals surface area contributed by atoms with Crippen LogP contribution in [0.15, 0.2) is 60.7 Å². The summed E-state index contributed by atoms with van der Waals surface area (Å²) in [7, 11) is 0. The van der Waals surface area contributed by atoms with Crippen molar-refractivity contribution in [2.24, 2.45) is 5.92 Å². The van der Waals surface area contributed by atoms with E-state index in [9.17, 15) is 9.59 Å². The average molecular weight is 381 g/mol. The maximum atomic E-state index is 12.4. The van der Waals surface area contributed by atoms with Crippen LogP contribution in [0, 0.1) is 5.92 Å². The van der Waals surface area contributed by atoms with E-state index in [-0.39, 0.29) is 24.6 Å². The summed E-state index contributed by atoms with van der Waals surface area (Å²) >= 11 is 0. The highest BCUT2D eigenvalue weighted by molar-refractivity contribution is 5.74. The number of carbonyl (C=O) groups is 2. The van der Waals surface area contributed by atoms with E-state index in [4.69, 9.17) is 9.47 Å². The van der Waals surface area contributed by atoms with Gasteiger partial charge in [0.2, 0.25) is 0 Å². The van der Waals surface area contributed by atoms with Crippen molar-refractivity contribution >= 4 is 12.1 Å². The van der Waals surface area contributed by atoms with Gasteiger partial charge in [0.15, 0.2) is 0 Å². The van der Waals surface area contributed by atoms with Gasteiger partial charge in [-0.2, -0.15) is 0 Å². The van der Waals surface area contributed by atoms with Gasteiger partial charge in [-0.15, -0.1) is 0 Å². The standard InChI is InChI=1S/C23H27NO4/c25-22(27-16-8-13-19-9-3-1-4-10-19)21-14-7-15-24(17-21)23(26)28-18-20-11-5-2-6-12-20/h1-6,9-12,21H,7-8,13-18H2/t21-/m1/s1. The highest BCUT2D eigenvalue weighted by Gasteiger charge is 2.30. The van der Waals surface area contributed by atoms with Gasteiger partial charge in [0, 0.05) is 13.1 Å². The monoisotopic (exact) mass is 381 g/mol. The van der Waals surface area contributed by atoms with Gasteiger partial charge in [-0.3, -0.25) is 4.79 Å². The molecule has 3 rings (SSSR count). The van der Waals surface area contributed by atoms with Gasteiger partial charge in [-0.1, -0.05) is 60.7 Å². The first kappa shape index (κ1) is 19.9. The van der Waals surface area contributed by atoms with Crippen LogP contribution in [0.5, 0.6) is 0 Å². The Morgan fingerprint density at radius 1 is 0.929 bits per heavy atom. The third kappa shape index (κ3) is 6.12. The van der Waals surface area contributed by atoms with Crippen molar-refractivity contribution in [1.29, 1.82) is 0 Å². The molecule has 0 bridgehead atoms. The lowest BCUT2D eigenvalue weighted by atomic mass is 9.98. The van der Waals surface area contributed by atoms with Crippen LogP contribution in [0.25, 0.3) is 0 Å². The SMILES string of the molecule is O=C(OCCCc1ccccc1)[C@@H]1CCCN(C(=O)OCc2ccccc2)C1. The van der Waals surface area contributed by atoms with Gasteiger partial charge in [0.1, 0.15) is 6.61 Å². The van der Waals surface area contributed by atoms with E-state index < -0.39 is 0 Å². The number of amides is 1. The highest BCUT2D eigenvalue weighted by Crippen LogP contribution is 2.19. The zero-order chi connectivity index (χ0) is 19.6. The molecule has 1 amide bonds. The zero-order valence-corrected chi connectivity index (χ0v) is 16.1. The Bertz CT molecular complexity index is 748. The van der Waals surface area contributed by atoms with Crippen molar-refractivity contribution in [3.05, 3.63) is 71.8 Å². The minimum Gasteiger partial charge on any atom is -0.465 e. The zero-order valence-electron chi connectivity index (χ0n) is 16.1. The Morgan fingerprint density at radius 2 is 1.61 bits per heavy atom. The third-order valence-electron chi connectivity index (χ3n) is 4.91. The van der Waals surface area contributed by atoms with E-state index in [1.165, 1.54) is 5.56 Å². The minimum atomic E-state index is -0.370. The number of carbonyl (C=O) groups excluding carboxylic acids is 2. The van der Waals surface area contributed by atoms with Crippen molar-refractivity contribution in [2.75, 3.05) is 19.7 Å². The molecule has 0 aromatic heterocycles. The summed E-state index contributed by atoms with van der Waals surface area (Å²) in [6, 6.07) is 19.7. The molecule has 28 heavy (non-hydrogen) atoms. The van der Waals surface area contributed by atoms with Crippen LogP contribution in [-0.4, -0.2) is 36.7 Å². The van der Waals surface area contributed by atoms with Gasteiger partial charge in [0.25, 0.3) is 0 Å². The molecule has 5 nitrogen and oxygen atoms in total. The molecule has 0 N–H and O–H groups in total. The predicted octanol–water partition coefficient (Wildman–Crippen LogP) is 4.21. The van der Waals surface area contributed by atoms with Gasteiger partial charge in [0.05, 0.1) is 12.5 Å². The predicted molar refractivity (Wildman–Crippen MR) is 107 cm³/mol. The number of aryl methyl sites for hydroxylation is 1. The number of nitrogens with zero attached hydrogens (tertiary/aromatic N) is 1. The van der Waals surface area contributed by atoms with Crippen LogP contribution in [0.2, 0.25) is 0 Å². The summed E-state index contributed by atoms with van der Waals surface area (Å²) in [4.78, 5) is 26.3. The normalized spacial score (nSPS) is 16.4. The topological polar surface area (TPSA) is 55.8 Å². The second-order valence-electron chi connectivity index (χ2n) is 7.08. The van der Waals surface area contributed by atoms with Crippen LogP contribution < -0.4 is 0 Å². The fourth-order valence-corrected chi connectivity index (χ4v) is 3.36. The highest BCUT2D eigenvalue weighted by atomic mass is 16.6. The molecular weight excluding hydrogens is 354 g/mol. The van der Waals surface area contributed by atoms with Crippen LogP contribution in [-0.2, 0) is 27.3 Å². The Hall–Kier alpha value is -2.82. The number of esters is 1. The van der Waals surface area contributed by atoms with Crippen molar-refractivity contribution < 1.29 is 19.1 Å². The summed E-state index contributed by atoms with van der Waals surface area (Å²) in [5, 5.41) is 0. The number of piperidine rings is 1. The van der Waals surface area contributed by atoms with Gasteiger partial charge in [-0.05, 0) is 36.8 Å². The summed E-state index contributed by atoms with van der Waals surface area (Å²) in [6.45, 7) is 1.63. The first-order chi connectivity index (χ1) is 13.7. The number of hydrogen-bond acceptors (Lipinski definition) is 4. The second kappa shape index (κ2) is 10.5. The van der Waals surface area contributed by atoms with Crippen molar-refractivity contribution in [3.63, 3.8) is 0 Å². The molecule has 1 saturated heterocycles. The smallest absolute Gasteiger partial charge is 0.410 e. The molecule has 5 heteroatoms. The second-order valence-corrected chi connectivity index (χ2v) is 7.08. The number of ether oxygens (including phenoxy) is 2. The van der Waals surface area contributed by atoms with Crippen molar-refractivity contribution in [3.8, 4) is 0 Å². The van der Waals surface area contributed by atoms with E-state index in [1.807, 2.05) is 48.5 Å². The lowest BCUT2D eigenvalue weighted by Crippen LogP contribution is -2.43. The molecule has 0 radical (unpaired) electrons. The summed E-state index contributed by atoms with van der Waals surface area (Å²) in [5.74, 6) is -0.483.